The monoisotopic (exact) mass is 230 g/mol. The molecule has 1 aliphatic carbocycles. The Morgan fingerprint density at radius 3 is 2.79 bits per heavy atom. The average molecular weight is 230 g/mol. The van der Waals surface area contributed by atoms with Crippen molar-refractivity contribution in [2.75, 3.05) is 12.3 Å². The highest BCUT2D eigenvalue weighted by molar-refractivity contribution is 8.00. The summed E-state index contributed by atoms with van der Waals surface area (Å²) in [4.78, 5) is 2.36. The number of rotatable bonds is 1. The van der Waals surface area contributed by atoms with Crippen molar-refractivity contribution in [3.63, 3.8) is 0 Å². The van der Waals surface area contributed by atoms with Crippen LogP contribution >= 0.6 is 24.0 Å². The van der Waals surface area contributed by atoms with Gasteiger partial charge < -0.3 is 10.2 Å². The standard InChI is InChI=1S/C10H18N2S2/c1-7-8(2)14-6-5-12(7)10(13)11-9-3-4-9/h7-9H,3-6H2,1-2H3,(H,11,13). The van der Waals surface area contributed by atoms with Crippen molar-refractivity contribution >= 4 is 29.1 Å². The Balaban J connectivity index is 1.90. The molecule has 1 aliphatic heterocycles. The van der Waals surface area contributed by atoms with Crippen LogP contribution < -0.4 is 5.32 Å². The first-order valence-electron chi connectivity index (χ1n) is 5.37. The van der Waals surface area contributed by atoms with E-state index < -0.39 is 0 Å². The van der Waals surface area contributed by atoms with Gasteiger partial charge in [-0.1, -0.05) is 6.92 Å². The van der Waals surface area contributed by atoms with Crippen LogP contribution in [0.3, 0.4) is 0 Å². The first-order valence-corrected chi connectivity index (χ1v) is 6.83. The van der Waals surface area contributed by atoms with E-state index in [0.29, 0.717) is 17.3 Å². The summed E-state index contributed by atoms with van der Waals surface area (Å²) >= 11 is 7.48. The zero-order chi connectivity index (χ0) is 10.1. The van der Waals surface area contributed by atoms with Crippen LogP contribution in [0.15, 0.2) is 0 Å². The molecule has 2 aliphatic rings. The third-order valence-corrected chi connectivity index (χ3v) is 4.74. The van der Waals surface area contributed by atoms with E-state index in [1.807, 2.05) is 0 Å². The molecule has 1 N–H and O–H groups in total. The zero-order valence-electron chi connectivity index (χ0n) is 8.82. The molecule has 0 radical (unpaired) electrons. The number of hydrogen-bond acceptors (Lipinski definition) is 2. The van der Waals surface area contributed by atoms with Crippen LogP contribution in [0.1, 0.15) is 26.7 Å². The Morgan fingerprint density at radius 1 is 1.43 bits per heavy atom. The quantitative estimate of drug-likeness (QED) is 0.691. The fraction of sp³-hybridized carbons (Fsp3) is 0.900. The Morgan fingerprint density at radius 2 is 2.14 bits per heavy atom. The highest BCUT2D eigenvalue weighted by atomic mass is 32.2. The van der Waals surface area contributed by atoms with Crippen molar-refractivity contribution in [3.05, 3.63) is 0 Å². The molecule has 14 heavy (non-hydrogen) atoms. The molecular weight excluding hydrogens is 212 g/mol. The maximum absolute atomic E-state index is 5.43. The minimum Gasteiger partial charge on any atom is -0.360 e. The molecule has 1 saturated carbocycles. The predicted molar refractivity (Wildman–Crippen MR) is 66.8 cm³/mol. The van der Waals surface area contributed by atoms with E-state index in [4.69, 9.17) is 12.2 Å². The second-order valence-electron chi connectivity index (χ2n) is 4.23. The maximum Gasteiger partial charge on any atom is 0.169 e. The van der Waals surface area contributed by atoms with Gasteiger partial charge in [0.2, 0.25) is 0 Å². The highest BCUT2D eigenvalue weighted by Gasteiger charge is 2.29. The summed E-state index contributed by atoms with van der Waals surface area (Å²) in [6.45, 7) is 5.67. The second kappa shape index (κ2) is 4.27. The van der Waals surface area contributed by atoms with Crippen molar-refractivity contribution < 1.29 is 0 Å². The molecule has 4 heteroatoms. The van der Waals surface area contributed by atoms with Crippen LogP contribution in [-0.4, -0.2) is 39.6 Å². The van der Waals surface area contributed by atoms with Gasteiger partial charge in [0.15, 0.2) is 5.11 Å². The normalized spacial score (nSPS) is 32.9. The van der Waals surface area contributed by atoms with Crippen molar-refractivity contribution in [1.29, 1.82) is 0 Å². The highest BCUT2D eigenvalue weighted by Crippen LogP contribution is 2.25. The van der Waals surface area contributed by atoms with Crippen LogP contribution in [0, 0.1) is 0 Å². The van der Waals surface area contributed by atoms with Gasteiger partial charge >= 0.3 is 0 Å². The van der Waals surface area contributed by atoms with Crippen LogP contribution in [0.25, 0.3) is 0 Å². The third kappa shape index (κ3) is 2.34. The topological polar surface area (TPSA) is 15.3 Å². The number of nitrogens with one attached hydrogen (secondary N) is 1. The van der Waals surface area contributed by atoms with Crippen LogP contribution in [0.2, 0.25) is 0 Å². The Labute approximate surface area is 95.8 Å². The molecule has 2 nitrogen and oxygen atoms in total. The third-order valence-electron chi connectivity index (χ3n) is 3.05. The zero-order valence-corrected chi connectivity index (χ0v) is 10.5. The molecule has 0 spiro atoms. The molecule has 0 amide bonds. The maximum atomic E-state index is 5.43. The number of hydrogen-bond donors (Lipinski definition) is 1. The summed E-state index contributed by atoms with van der Waals surface area (Å²) in [7, 11) is 0. The van der Waals surface area contributed by atoms with E-state index in [-0.39, 0.29) is 0 Å². The van der Waals surface area contributed by atoms with Gasteiger partial charge in [0.25, 0.3) is 0 Å². The summed E-state index contributed by atoms with van der Waals surface area (Å²) in [6.07, 6.45) is 2.60. The van der Waals surface area contributed by atoms with E-state index in [1.54, 1.807) is 0 Å². The van der Waals surface area contributed by atoms with Crippen LogP contribution in [0.5, 0.6) is 0 Å². The molecule has 2 fully saturated rings. The van der Waals surface area contributed by atoms with Gasteiger partial charge in [-0.25, -0.2) is 0 Å². The number of nitrogens with zero attached hydrogens (tertiary/aromatic N) is 1. The lowest BCUT2D eigenvalue weighted by Gasteiger charge is -2.39. The van der Waals surface area contributed by atoms with E-state index in [2.05, 4.69) is 35.8 Å². The fourth-order valence-corrected chi connectivity index (χ4v) is 3.23. The van der Waals surface area contributed by atoms with Gasteiger partial charge in [-0.15, -0.1) is 0 Å². The molecule has 80 valence electrons. The summed E-state index contributed by atoms with van der Waals surface area (Å²) in [5.74, 6) is 1.21. The molecule has 2 unspecified atom stereocenters. The van der Waals surface area contributed by atoms with Crippen molar-refractivity contribution in [3.8, 4) is 0 Å². The second-order valence-corrected chi connectivity index (χ2v) is 6.11. The van der Waals surface area contributed by atoms with Gasteiger partial charge in [0.05, 0.1) is 0 Å². The number of thioether (sulfide) groups is 1. The Hall–Kier alpha value is 0.0400. The van der Waals surface area contributed by atoms with E-state index >= 15 is 0 Å². The molecular formula is C10H18N2S2. The van der Waals surface area contributed by atoms with E-state index in [1.165, 1.54) is 18.6 Å². The molecule has 1 heterocycles. The first kappa shape index (κ1) is 10.6. The lowest BCUT2D eigenvalue weighted by Crippen LogP contribution is -2.52. The van der Waals surface area contributed by atoms with Crippen LogP contribution in [-0.2, 0) is 0 Å². The van der Waals surface area contributed by atoms with Gasteiger partial charge in [0, 0.05) is 29.6 Å². The average Bonchev–Trinajstić information content (AvgIpc) is 2.93. The summed E-state index contributed by atoms with van der Waals surface area (Å²) in [5, 5.41) is 5.10. The van der Waals surface area contributed by atoms with Gasteiger partial charge in [-0.05, 0) is 32.0 Å². The summed E-state index contributed by atoms with van der Waals surface area (Å²) in [6, 6.07) is 1.26. The Kier molecular flexibility index (Phi) is 3.22. The molecule has 0 aromatic heterocycles. The van der Waals surface area contributed by atoms with Crippen LogP contribution in [0.4, 0.5) is 0 Å². The molecule has 0 bridgehead atoms. The van der Waals surface area contributed by atoms with Gasteiger partial charge in [0.1, 0.15) is 0 Å². The Bertz CT molecular complexity index is 228. The summed E-state index contributed by atoms with van der Waals surface area (Å²) < 4.78 is 0. The van der Waals surface area contributed by atoms with E-state index in [9.17, 15) is 0 Å². The number of thiocarbonyl (C=S) groups is 1. The lowest BCUT2D eigenvalue weighted by molar-refractivity contribution is 0.329. The molecule has 0 aromatic rings. The van der Waals surface area contributed by atoms with Crippen molar-refractivity contribution in [2.24, 2.45) is 0 Å². The van der Waals surface area contributed by atoms with E-state index in [0.717, 1.165) is 11.7 Å². The van der Waals surface area contributed by atoms with Crippen molar-refractivity contribution in [2.45, 2.75) is 44.0 Å². The fourth-order valence-electron chi connectivity index (χ4n) is 1.70. The lowest BCUT2D eigenvalue weighted by atomic mass is 10.2. The molecule has 2 rings (SSSR count). The molecule has 2 atom stereocenters. The van der Waals surface area contributed by atoms with Gasteiger partial charge in [-0.2, -0.15) is 11.8 Å². The minimum atomic E-state index is 0.576. The minimum absolute atomic E-state index is 0.576. The largest absolute Gasteiger partial charge is 0.360 e. The summed E-state index contributed by atoms with van der Waals surface area (Å²) in [5.41, 5.74) is 0. The molecule has 0 aromatic carbocycles. The smallest absolute Gasteiger partial charge is 0.169 e. The SMILES string of the molecule is CC1SCCN(C(=S)NC2CC2)C1C. The molecule has 1 saturated heterocycles. The first-order chi connectivity index (χ1) is 6.68. The van der Waals surface area contributed by atoms with Gasteiger partial charge in [-0.3, -0.25) is 0 Å². The van der Waals surface area contributed by atoms with Crippen molar-refractivity contribution in [1.82, 2.24) is 10.2 Å². The predicted octanol–water partition coefficient (Wildman–Crippen LogP) is 1.85.